The lowest BCUT2D eigenvalue weighted by atomic mass is 9.89. The van der Waals surface area contributed by atoms with E-state index in [2.05, 4.69) is 17.6 Å². The van der Waals surface area contributed by atoms with Gasteiger partial charge in [-0.05, 0) is 40.0 Å². The zero-order valence-electron chi connectivity index (χ0n) is 10.7. The van der Waals surface area contributed by atoms with E-state index in [4.69, 9.17) is 5.11 Å². The zero-order valence-corrected chi connectivity index (χ0v) is 10.7. The second kappa shape index (κ2) is 5.15. The molecule has 4 heteroatoms. The van der Waals surface area contributed by atoms with Gasteiger partial charge in [0.1, 0.15) is 0 Å². The summed E-state index contributed by atoms with van der Waals surface area (Å²) < 4.78 is 0. The van der Waals surface area contributed by atoms with Crippen LogP contribution in [0.4, 0.5) is 0 Å². The molecule has 0 saturated heterocycles. The first kappa shape index (κ1) is 13.5. The van der Waals surface area contributed by atoms with Crippen LogP contribution in [-0.2, 0) is 4.79 Å². The van der Waals surface area contributed by atoms with Crippen LogP contribution in [0.3, 0.4) is 0 Å². The van der Waals surface area contributed by atoms with E-state index in [1.54, 1.807) is 0 Å². The van der Waals surface area contributed by atoms with Gasteiger partial charge in [0.25, 0.3) is 0 Å². The molecule has 4 nitrogen and oxygen atoms in total. The topological polar surface area (TPSA) is 61.4 Å². The first-order valence-corrected chi connectivity index (χ1v) is 6.10. The molecule has 0 aromatic rings. The Kier molecular flexibility index (Phi) is 4.33. The Labute approximate surface area is 97.8 Å². The maximum atomic E-state index is 11.8. The summed E-state index contributed by atoms with van der Waals surface area (Å²) in [4.78, 5) is 11.8. The van der Waals surface area contributed by atoms with Crippen molar-refractivity contribution in [3.8, 4) is 0 Å². The fraction of sp³-hybridized carbons (Fsp3) is 0.917. The molecule has 1 fully saturated rings. The summed E-state index contributed by atoms with van der Waals surface area (Å²) in [5, 5.41) is 15.4. The molecule has 1 aliphatic rings. The molecule has 0 heterocycles. The van der Waals surface area contributed by atoms with Gasteiger partial charge in [-0.1, -0.05) is 6.92 Å². The summed E-state index contributed by atoms with van der Waals surface area (Å²) in [7, 11) is 0. The molecule has 94 valence electrons. The summed E-state index contributed by atoms with van der Waals surface area (Å²) >= 11 is 0. The number of aliphatic hydroxyl groups excluding tert-OH is 1. The molecule has 1 amide bonds. The highest BCUT2D eigenvalue weighted by molar-refractivity contribution is 5.82. The molecule has 1 aliphatic carbocycles. The Morgan fingerprint density at radius 3 is 2.50 bits per heavy atom. The lowest BCUT2D eigenvalue weighted by molar-refractivity contribution is -0.125. The summed E-state index contributed by atoms with van der Waals surface area (Å²) in [6, 6.07) is 0.101. The monoisotopic (exact) mass is 228 g/mol. The second-order valence-corrected chi connectivity index (χ2v) is 5.44. The standard InChI is InChI=1S/C12H24N2O2/c1-5-12(3,4)14-11(16)8(2)13-9-6-10(15)7-9/h8-10,13,15H,5-7H2,1-4H3,(H,14,16). The number of amides is 1. The van der Waals surface area contributed by atoms with Gasteiger partial charge in [-0.3, -0.25) is 4.79 Å². The fourth-order valence-corrected chi connectivity index (χ4v) is 1.68. The number of nitrogens with one attached hydrogen (secondary N) is 2. The van der Waals surface area contributed by atoms with Crippen molar-refractivity contribution < 1.29 is 9.90 Å². The molecule has 0 radical (unpaired) electrons. The third kappa shape index (κ3) is 3.76. The first-order chi connectivity index (χ1) is 7.34. The smallest absolute Gasteiger partial charge is 0.237 e. The Morgan fingerprint density at radius 2 is 2.06 bits per heavy atom. The Hall–Kier alpha value is -0.610. The Balaban J connectivity index is 2.30. The van der Waals surface area contributed by atoms with Crippen molar-refractivity contribution in [1.29, 1.82) is 0 Å². The molecule has 0 spiro atoms. The van der Waals surface area contributed by atoms with E-state index in [0.717, 1.165) is 19.3 Å². The van der Waals surface area contributed by atoms with E-state index < -0.39 is 0 Å². The van der Waals surface area contributed by atoms with E-state index in [9.17, 15) is 4.79 Å². The molecule has 16 heavy (non-hydrogen) atoms. The van der Waals surface area contributed by atoms with E-state index in [0.29, 0.717) is 6.04 Å². The number of hydrogen-bond donors (Lipinski definition) is 3. The number of carbonyl (C=O) groups excluding carboxylic acids is 1. The lowest BCUT2D eigenvalue weighted by Gasteiger charge is -2.35. The summed E-state index contributed by atoms with van der Waals surface area (Å²) in [6.07, 6.45) is 2.25. The van der Waals surface area contributed by atoms with Gasteiger partial charge in [0.2, 0.25) is 5.91 Å². The van der Waals surface area contributed by atoms with Crippen LogP contribution in [0.2, 0.25) is 0 Å². The van der Waals surface area contributed by atoms with Crippen LogP contribution >= 0.6 is 0 Å². The maximum Gasteiger partial charge on any atom is 0.237 e. The minimum Gasteiger partial charge on any atom is -0.393 e. The number of carbonyl (C=O) groups is 1. The van der Waals surface area contributed by atoms with E-state index in [1.165, 1.54) is 0 Å². The Morgan fingerprint density at radius 1 is 1.50 bits per heavy atom. The van der Waals surface area contributed by atoms with Crippen molar-refractivity contribution in [2.24, 2.45) is 0 Å². The van der Waals surface area contributed by atoms with Gasteiger partial charge >= 0.3 is 0 Å². The van der Waals surface area contributed by atoms with Crippen LogP contribution in [0.1, 0.15) is 47.0 Å². The largest absolute Gasteiger partial charge is 0.393 e. The van der Waals surface area contributed by atoms with Crippen LogP contribution in [0, 0.1) is 0 Å². The third-order valence-corrected chi connectivity index (χ3v) is 3.34. The third-order valence-electron chi connectivity index (χ3n) is 3.34. The van der Waals surface area contributed by atoms with Crippen LogP contribution in [0.5, 0.6) is 0 Å². The van der Waals surface area contributed by atoms with Gasteiger partial charge in [0.15, 0.2) is 0 Å². The van der Waals surface area contributed by atoms with Gasteiger partial charge in [-0.2, -0.15) is 0 Å². The van der Waals surface area contributed by atoms with Crippen molar-refractivity contribution in [2.75, 3.05) is 0 Å². The molecule has 1 rings (SSSR count). The quantitative estimate of drug-likeness (QED) is 0.652. The average molecular weight is 228 g/mol. The number of rotatable bonds is 5. The predicted octanol–water partition coefficient (Wildman–Crippen LogP) is 0.793. The molecule has 0 aliphatic heterocycles. The van der Waals surface area contributed by atoms with Crippen LogP contribution in [0.25, 0.3) is 0 Å². The van der Waals surface area contributed by atoms with Crippen molar-refractivity contribution in [3.05, 3.63) is 0 Å². The zero-order chi connectivity index (χ0) is 12.3. The van der Waals surface area contributed by atoms with Gasteiger partial charge in [-0.15, -0.1) is 0 Å². The molecule has 1 saturated carbocycles. The molecular weight excluding hydrogens is 204 g/mol. The molecule has 0 aromatic heterocycles. The molecule has 0 aromatic carbocycles. The van der Waals surface area contributed by atoms with E-state index >= 15 is 0 Å². The number of hydrogen-bond acceptors (Lipinski definition) is 3. The van der Waals surface area contributed by atoms with Gasteiger partial charge < -0.3 is 15.7 Å². The van der Waals surface area contributed by atoms with Crippen molar-refractivity contribution >= 4 is 5.91 Å². The van der Waals surface area contributed by atoms with Crippen LogP contribution < -0.4 is 10.6 Å². The van der Waals surface area contributed by atoms with Crippen LogP contribution in [0.15, 0.2) is 0 Å². The minimum atomic E-state index is -0.191. The summed E-state index contributed by atoms with van der Waals surface area (Å²) in [5.41, 5.74) is -0.147. The first-order valence-electron chi connectivity index (χ1n) is 6.10. The predicted molar refractivity (Wildman–Crippen MR) is 64.1 cm³/mol. The number of aliphatic hydroxyl groups is 1. The van der Waals surface area contributed by atoms with Crippen molar-refractivity contribution in [2.45, 2.75) is 70.7 Å². The molecule has 1 unspecified atom stereocenters. The Bertz CT molecular complexity index is 247. The highest BCUT2D eigenvalue weighted by Gasteiger charge is 2.30. The van der Waals surface area contributed by atoms with E-state index in [-0.39, 0.29) is 23.6 Å². The highest BCUT2D eigenvalue weighted by Crippen LogP contribution is 2.19. The van der Waals surface area contributed by atoms with Gasteiger partial charge in [0, 0.05) is 11.6 Å². The van der Waals surface area contributed by atoms with Crippen molar-refractivity contribution in [3.63, 3.8) is 0 Å². The average Bonchev–Trinajstić information content (AvgIpc) is 2.14. The second-order valence-electron chi connectivity index (χ2n) is 5.44. The lowest BCUT2D eigenvalue weighted by Crippen LogP contribution is -2.55. The van der Waals surface area contributed by atoms with E-state index in [1.807, 2.05) is 20.8 Å². The SMILES string of the molecule is CCC(C)(C)NC(=O)C(C)NC1CC(O)C1. The van der Waals surface area contributed by atoms with Gasteiger partial charge in [0.05, 0.1) is 12.1 Å². The fourth-order valence-electron chi connectivity index (χ4n) is 1.68. The van der Waals surface area contributed by atoms with Crippen LogP contribution in [-0.4, -0.2) is 34.7 Å². The normalized spacial score (nSPS) is 27.1. The highest BCUT2D eigenvalue weighted by atomic mass is 16.3. The molecule has 1 atom stereocenters. The summed E-state index contributed by atoms with van der Waals surface area (Å²) in [6.45, 7) is 7.96. The summed E-state index contributed by atoms with van der Waals surface area (Å²) in [5.74, 6) is 0.0354. The van der Waals surface area contributed by atoms with Crippen molar-refractivity contribution in [1.82, 2.24) is 10.6 Å². The van der Waals surface area contributed by atoms with Gasteiger partial charge in [-0.25, -0.2) is 0 Å². The maximum absolute atomic E-state index is 11.8. The minimum absolute atomic E-state index is 0.0354. The molecule has 0 bridgehead atoms. The molecular formula is C12H24N2O2. The molecule has 3 N–H and O–H groups in total.